The number of hydrogen-bond acceptors (Lipinski definition) is 4. The second-order valence-corrected chi connectivity index (χ2v) is 7.51. The third-order valence-corrected chi connectivity index (χ3v) is 5.13. The van der Waals surface area contributed by atoms with Crippen LogP contribution in [0.3, 0.4) is 0 Å². The normalized spacial score (nSPS) is 14.4. The van der Waals surface area contributed by atoms with Crippen molar-refractivity contribution < 1.29 is 14.3 Å². The van der Waals surface area contributed by atoms with Crippen molar-refractivity contribution in [3.63, 3.8) is 0 Å². The first-order chi connectivity index (χ1) is 14.7. The van der Waals surface area contributed by atoms with Gasteiger partial charge in [0.15, 0.2) is 17.5 Å². The number of carbonyl (C=O) groups is 1. The lowest BCUT2D eigenvalue weighted by molar-refractivity contribution is -0.121. The molecule has 1 fully saturated rings. The molecule has 30 heavy (non-hydrogen) atoms. The molecule has 0 saturated heterocycles. The summed E-state index contributed by atoms with van der Waals surface area (Å²) in [7, 11) is 1.65. The molecule has 0 aliphatic heterocycles. The number of nitrogens with zero attached hydrogens (tertiary/aromatic N) is 1. The summed E-state index contributed by atoms with van der Waals surface area (Å²) in [5, 5.41) is 9.62. The van der Waals surface area contributed by atoms with Gasteiger partial charge in [-0.1, -0.05) is 18.9 Å². The van der Waals surface area contributed by atoms with Crippen LogP contribution in [0.4, 0.5) is 0 Å². The smallest absolute Gasteiger partial charge is 0.221 e. The van der Waals surface area contributed by atoms with Crippen LogP contribution in [0.15, 0.2) is 23.2 Å². The van der Waals surface area contributed by atoms with Crippen LogP contribution in [0, 0.1) is 0 Å². The minimum absolute atomic E-state index is 0.120. The Kier molecular flexibility index (Phi) is 10.9. The van der Waals surface area contributed by atoms with E-state index in [1.54, 1.807) is 7.11 Å². The summed E-state index contributed by atoms with van der Waals surface area (Å²) in [6, 6.07) is 6.43. The van der Waals surface area contributed by atoms with E-state index in [0.717, 1.165) is 49.7 Å². The van der Waals surface area contributed by atoms with Crippen LogP contribution >= 0.6 is 0 Å². The Labute approximate surface area is 181 Å². The van der Waals surface area contributed by atoms with E-state index in [1.807, 2.05) is 26.0 Å². The average molecular weight is 419 g/mol. The number of methoxy groups -OCH3 is 1. The van der Waals surface area contributed by atoms with Gasteiger partial charge in [-0.15, -0.1) is 0 Å². The van der Waals surface area contributed by atoms with E-state index in [0.29, 0.717) is 32.2 Å². The van der Waals surface area contributed by atoms with Crippen molar-refractivity contribution in [2.75, 3.05) is 33.4 Å². The van der Waals surface area contributed by atoms with Crippen molar-refractivity contribution in [1.29, 1.82) is 0 Å². The zero-order valence-electron chi connectivity index (χ0n) is 18.8. The van der Waals surface area contributed by atoms with Gasteiger partial charge in [-0.25, -0.2) is 0 Å². The van der Waals surface area contributed by atoms with Crippen LogP contribution in [0.25, 0.3) is 0 Å². The van der Waals surface area contributed by atoms with Crippen LogP contribution in [0.2, 0.25) is 0 Å². The number of benzene rings is 1. The molecule has 3 N–H and O–H groups in total. The van der Waals surface area contributed by atoms with Gasteiger partial charge >= 0.3 is 0 Å². The molecular weight excluding hydrogens is 380 g/mol. The average Bonchev–Trinajstić information content (AvgIpc) is 3.24. The highest BCUT2D eigenvalue weighted by Gasteiger charge is 2.16. The first-order valence-corrected chi connectivity index (χ1v) is 11.3. The monoisotopic (exact) mass is 418 g/mol. The van der Waals surface area contributed by atoms with Crippen LogP contribution in [0.1, 0.15) is 57.9 Å². The third kappa shape index (κ3) is 8.51. The standard InChI is InChI=1S/C23H38N4O3/c1-4-24-23(26-16-14-22(28)27-19-10-6-7-11-19)25-15-8-9-18-12-13-20(29-3)21(17-18)30-5-2/h12-13,17,19H,4-11,14-16H2,1-3H3,(H,27,28)(H2,24,25,26). The second-order valence-electron chi connectivity index (χ2n) is 7.51. The second kappa shape index (κ2) is 13.7. The maximum Gasteiger partial charge on any atom is 0.221 e. The molecule has 0 aromatic heterocycles. The van der Waals surface area contributed by atoms with Crippen molar-refractivity contribution in [2.45, 2.75) is 64.8 Å². The van der Waals surface area contributed by atoms with E-state index in [1.165, 1.54) is 18.4 Å². The van der Waals surface area contributed by atoms with E-state index in [2.05, 4.69) is 27.0 Å². The molecule has 0 bridgehead atoms. The molecule has 1 aromatic carbocycles. The lowest BCUT2D eigenvalue weighted by atomic mass is 10.1. The maximum atomic E-state index is 12.0. The maximum absolute atomic E-state index is 12.0. The van der Waals surface area contributed by atoms with Crippen molar-refractivity contribution in [1.82, 2.24) is 16.0 Å². The van der Waals surface area contributed by atoms with E-state index >= 15 is 0 Å². The SMILES string of the molecule is CCNC(=NCCCc1ccc(OC)c(OCC)c1)NCCC(=O)NC1CCCC1. The molecule has 0 atom stereocenters. The lowest BCUT2D eigenvalue weighted by Gasteiger charge is -2.14. The molecule has 1 saturated carbocycles. The van der Waals surface area contributed by atoms with Gasteiger partial charge in [0.25, 0.3) is 0 Å². The predicted molar refractivity (Wildman–Crippen MR) is 121 cm³/mol. The molecule has 0 spiro atoms. The summed E-state index contributed by atoms with van der Waals surface area (Å²) in [4.78, 5) is 16.7. The fraction of sp³-hybridized carbons (Fsp3) is 0.652. The van der Waals surface area contributed by atoms with Gasteiger partial charge in [-0.2, -0.15) is 0 Å². The number of nitrogens with one attached hydrogen (secondary N) is 3. The number of amides is 1. The largest absolute Gasteiger partial charge is 0.493 e. The predicted octanol–water partition coefficient (Wildman–Crippen LogP) is 3.03. The molecule has 1 aromatic rings. The van der Waals surface area contributed by atoms with Crippen molar-refractivity contribution in [3.8, 4) is 11.5 Å². The van der Waals surface area contributed by atoms with Crippen molar-refractivity contribution in [3.05, 3.63) is 23.8 Å². The summed E-state index contributed by atoms with van der Waals surface area (Å²) in [6.45, 7) is 6.70. The van der Waals surface area contributed by atoms with Gasteiger partial charge in [0.1, 0.15) is 0 Å². The van der Waals surface area contributed by atoms with Gasteiger partial charge in [0, 0.05) is 32.1 Å². The molecule has 7 nitrogen and oxygen atoms in total. The number of ether oxygens (including phenoxy) is 2. The number of rotatable bonds is 12. The van der Waals surface area contributed by atoms with Crippen LogP contribution in [0.5, 0.6) is 11.5 Å². The van der Waals surface area contributed by atoms with Crippen molar-refractivity contribution in [2.24, 2.45) is 4.99 Å². The molecule has 1 aliphatic carbocycles. The molecule has 7 heteroatoms. The molecule has 1 aliphatic rings. The lowest BCUT2D eigenvalue weighted by Crippen LogP contribution is -2.40. The Bertz CT molecular complexity index is 672. The molecule has 0 unspecified atom stereocenters. The van der Waals surface area contributed by atoms with Gasteiger partial charge in [0.2, 0.25) is 5.91 Å². The molecule has 0 heterocycles. The topological polar surface area (TPSA) is 84.0 Å². The Morgan fingerprint density at radius 1 is 1.17 bits per heavy atom. The molecule has 2 rings (SSSR count). The summed E-state index contributed by atoms with van der Waals surface area (Å²) in [6.07, 6.45) is 6.99. The van der Waals surface area contributed by atoms with E-state index in [-0.39, 0.29) is 5.91 Å². The van der Waals surface area contributed by atoms with Crippen molar-refractivity contribution >= 4 is 11.9 Å². The molecular formula is C23H38N4O3. The Balaban J connectivity index is 1.73. The van der Waals surface area contributed by atoms with Gasteiger partial charge < -0.3 is 25.4 Å². The highest BCUT2D eigenvalue weighted by Crippen LogP contribution is 2.28. The Morgan fingerprint density at radius 3 is 2.67 bits per heavy atom. The number of aliphatic imine (C=N–C) groups is 1. The fourth-order valence-corrected chi connectivity index (χ4v) is 3.63. The van der Waals surface area contributed by atoms with Gasteiger partial charge in [0.05, 0.1) is 13.7 Å². The minimum atomic E-state index is 0.120. The van der Waals surface area contributed by atoms with Crippen LogP contribution in [-0.2, 0) is 11.2 Å². The van der Waals surface area contributed by atoms with Gasteiger partial charge in [-0.05, 0) is 57.2 Å². The quantitative estimate of drug-likeness (QED) is 0.276. The Morgan fingerprint density at radius 2 is 1.97 bits per heavy atom. The first-order valence-electron chi connectivity index (χ1n) is 11.3. The number of aryl methyl sites for hydroxylation is 1. The highest BCUT2D eigenvalue weighted by molar-refractivity contribution is 5.81. The molecule has 1 amide bonds. The number of guanidine groups is 1. The highest BCUT2D eigenvalue weighted by atomic mass is 16.5. The Hall–Kier alpha value is -2.44. The summed E-state index contributed by atoms with van der Waals surface area (Å²) in [5.74, 6) is 2.42. The number of hydrogen-bond donors (Lipinski definition) is 3. The zero-order valence-corrected chi connectivity index (χ0v) is 18.8. The van der Waals surface area contributed by atoms with E-state index in [4.69, 9.17) is 9.47 Å². The summed E-state index contributed by atoms with van der Waals surface area (Å²) < 4.78 is 11.0. The summed E-state index contributed by atoms with van der Waals surface area (Å²) in [5.41, 5.74) is 1.20. The van der Waals surface area contributed by atoms with Gasteiger partial charge in [-0.3, -0.25) is 9.79 Å². The molecule has 0 radical (unpaired) electrons. The van der Waals surface area contributed by atoms with Crippen LogP contribution < -0.4 is 25.4 Å². The van der Waals surface area contributed by atoms with Crippen LogP contribution in [-0.4, -0.2) is 51.3 Å². The van der Waals surface area contributed by atoms with E-state index in [9.17, 15) is 4.79 Å². The first kappa shape index (κ1) is 23.8. The zero-order chi connectivity index (χ0) is 21.6. The third-order valence-electron chi connectivity index (χ3n) is 5.13. The minimum Gasteiger partial charge on any atom is -0.493 e. The fourth-order valence-electron chi connectivity index (χ4n) is 3.63. The summed E-state index contributed by atoms with van der Waals surface area (Å²) >= 11 is 0. The molecule has 168 valence electrons. The van der Waals surface area contributed by atoms with E-state index < -0.39 is 0 Å². The number of carbonyl (C=O) groups excluding carboxylic acids is 1.